The average Bonchev–Trinajstić information content (AvgIpc) is 2.69. The summed E-state index contributed by atoms with van der Waals surface area (Å²) in [5, 5.41) is 11.2. The van der Waals surface area contributed by atoms with Crippen LogP contribution < -0.4 is 0 Å². The van der Waals surface area contributed by atoms with Crippen LogP contribution in [0.3, 0.4) is 0 Å². The fraction of sp³-hybridized carbons (Fsp3) is 0.647. The fourth-order valence-corrected chi connectivity index (χ4v) is 3.93. The molecule has 1 unspecified atom stereocenters. The van der Waals surface area contributed by atoms with Crippen LogP contribution in [0, 0.1) is 18.8 Å². The summed E-state index contributed by atoms with van der Waals surface area (Å²) in [5.74, 6) is 1.33. The Hall–Kier alpha value is -0.820. The topological polar surface area (TPSA) is 20.2 Å². The van der Waals surface area contributed by atoms with Crippen molar-refractivity contribution in [3.63, 3.8) is 0 Å². The number of benzene rings is 1. The summed E-state index contributed by atoms with van der Waals surface area (Å²) < 4.78 is 0. The largest absolute Gasteiger partial charge is 0.385 e. The van der Waals surface area contributed by atoms with E-state index in [1.807, 2.05) is 0 Å². The molecule has 0 spiro atoms. The van der Waals surface area contributed by atoms with Gasteiger partial charge in [-0.25, -0.2) is 0 Å². The second-order valence-corrected chi connectivity index (χ2v) is 6.54. The van der Waals surface area contributed by atoms with E-state index < -0.39 is 5.60 Å². The minimum absolute atomic E-state index is 0.483. The van der Waals surface area contributed by atoms with Crippen LogP contribution in [0.4, 0.5) is 0 Å². The van der Waals surface area contributed by atoms with Crippen molar-refractivity contribution in [2.24, 2.45) is 11.8 Å². The molecule has 2 aliphatic rings. The highest BCUT2D eigenvalue weighted by molar-refractivity contribution is 5.40. The van der Waals surface area contributed by atoms with Crippen LogP contribution in [0.5, 0.6) is 0 Å². The molecule has 98 valence electrons. The van der Waals surface area contributed by atoms with E-state index in [0.29, 0.717) is 5.92 Å². The van der Waals surface area contributed by atoms with Crippen molar-refractivity contribution < 1.29 is 5.11 Å². The van der Waals surface area contributed by atoms with Crippen LogP contribution >= 0.6 is 0 Å². The van der Waals surface area contributed by atoms with Gasteiger partial charge in [0.2, 0.25) is 0 Å². The zero-order valence-corrected chi connectivity index (χ0v) is 11.6. The fourth-order valence-electron chi connectivity index (χ4n) is 3.93. The quantitative estimate of drug-likeness (QED) is 0.793. The third-order valence-corrected chi connectivity index (χ3v) is 5.20. The molecule has 1 heteroatoms. The zero-order valence-electron chi connectivity index (χ0n) is 11.6. The van der Waals surface area contributed by atoms with Gasteiger partial charge in [-0.2, -0.15) is 0 Å². The molecule has 1 fully saturated rings. The molecular weight excluding hydrogens is 220 g/mol. The third-order valence-electron chi connectivity index (χ3n) is 5.20. The predicted octanol–water partition coefficient (Wildman–Crippen LogP) is 3.96. The molecule has 1 aromatic rings. The Labute approximate surface area is 110 Å². The normalized spacial score (nSPS) is 35.5. The van der Waals surface area contributed by atoms with Gasteiger partial charge in [-0.05, 0) is 55.6 Å². The maximum atomic E-state index is 11.2. The summed E-state index contributed by atoms with van der Waals surface area (Å²) in [5.41, 5.74) is 3.36. The van der Waals surface area contributed by atoms with Gasteiger partial charge in [-0.15, -0.1) is 0 Å². The Kier molecular flexibility index (Phi) is 2.97. The lowest BCUT2D eigenvalue weighted by Gasteiger charge is -2.38. The van der Waals surface area contributed by atoms with Crippen molar-refractivity contribution in [3.05, 3.63) is 34.9 Å². The van der Waals surface area contributed by atoms with Crippen molar-refractivity contribution in [2.75, 3.05) is 0 Å². The number of hydrogen-bond acceptors (Lipinski definition) is 1. The molecule has 3 rings (SSSR count). The molecule has 0 aromatic heterocycles. The second kappa shape index (κ2) is 4.38. The van der Waals surface area contributed by atoms with Gasteiger partial charge in [0.15, 0.2) is 0 Å². The molecule has 0 aliphatic heterocycles. The summed E-state index contributed by atoms with van der Waals surface area (Å²) in [7, 11) is 0. The minimum Gasteiger partial charge on any atom is -0.385 e. The number of rotatable bonds is 1. The maximum absolute atomic E-state index is 11.2. The first-order valence-electron chi connectivity index (χ1n) is 7.42. The maximum Gasteiger partial charge on any atom is 0.0930 e. The molecule has 1 atom stereocenters. The van der Waals surface area contributed by atoms with Gasteiger partial charge in [-0.3, -0.25) is 0 Å². The van der Waals surface area contributed by atoms with Gasteiger partial charge < -0.3 is 5.11 Å². The SMILES string of the molecule is Cc1ccc2c(c1)C(O)(C1CCC(C)CC1)CC2. The van der Waals surface area contributed by atoms with Gasteiger partial charge >= 0.3 is 0 Å². The van der Waals surface area contributed by atoms with E-state index in [0.717, 1.165) is 18.8 Å². The lowest BCUT2D eigenvalue weighted by atomic mass is 9.71. The first-order valence-corrected chi connectivity index (χ1v) is 7.42. The van der Waals surface area contributed by atoms with Crippen LogP contribution in [-0.2, 0) is 12.0 Å². The van der Waals surface area contributed by atoms with E-state index in [4.69, 9.17) is 0 Å². The first-order chi connectivity index (χ1) is 8.59. The van der Waals surface area contributed by atoms with E-state index in [1.54, 1.807) is 0 Å². The van der Waals surface area contributed by atoms with Crippen molar-refractivity contribution >= 4 is 0 Å². The van der Waals surface area contributed by atoms with Crippen LogP contribution in [-0.4, -0.2) is 5.11 Å². The highest BCUT2D eigenvalue weighted by Crippen LogP contribution is 2.48. The van der Waals surface area contributed by atoms with Gasteiger partial charge in [-0.1, -0.05) is 43.5 Å². The van der Waals surface area contributed by atoms with Crippen LogP contribution in [0.2, 0.25) is 0 Å². The Bertz CT molecular complexity index is 443. The standard InChI is InChI=1S/C17H24O/c1-12-4-7-15(8-5-12)17(18)10-9-14-6-3-13(2)11-16(14)17/h3,6,11-12,15,18H,4-5,7-10H2,1-2H3. The molecule has 0 radical (unpaired) electrons. The summed E-state index contributed by atoms with van der Waals surface area (Å²) in [6.07, 6.45) is 6.96. The molecule has 1 nitrogen and oxygen atoms in total. The molecule has 0 amide bonds. The molecule has 0 bridgehead atoms. The van der Waals surface area contributed by atoms with E-state index in [1.165, 1.54) is 42.4 Å². The van der Waals surface area contributed by atoms with Crippen molar-refractivity contribution in [1.29, 1.82) is 0 Å². The Morgan fingerprint density at radius 3 is 2.61 bits per heavy atom. The molecule has 0 saturated heterocycles. The van der Waals surface area contributed by atoms with Crippen molar-refractivity contribution in [2.45, 2.75) is 58.0 Å². The summed E-state index contributed by atoms with van der Waals surface area (Å²) in [6.45, 7) is 4.47. The first kappa shape index (κ1) is 12.2. The minimum atomic E-state index is -0.526. The van der Waals surface area contributed by atoms with Gasteiger partial charge in [0.1, 0.15) is 0 Å². The number of aliphatic hydroxyl groups is 1. The van der Waals surface area contributed by atoms with E-state index >= 15 is 0 Å². The Morgan fingerprint density at radius 2 is 1.89 bits per heavy atom. The van der Waals surface area contributed by atoms with Gasteiger partial charge in [0.05, 0.1) is 5.60 Å². The number of aryl methyl sites for hydroxylation is 2. The number of hydrogen-bond donors (Lipinski definition) is 1. The molecule has 0 heterocycles. The second-order valence-electron chi connectivity index (χ2n) is 6.54. The Morgan fingerprint density at radius 1 is 1.17 bits per heavy atom. The van der Waals surface area contributed by atoms with Gasteiger partial charge in [0.25, 0.3) is 0 Å². The molecule has 1 aromatic carbocycles. The van der Waals surface area contributed by atoms with E-state index in [9.17, 15) is 5.11 Å². The number of fused-ring (bicyclic) bond motifs is 1. The lowest BCUT2D eigenvalue weighted by Crippen LogP contribution is -2.35. The summed E-state index contributed by atoms with van der Waals surface area (Å²) >= 11 is 0. The predicted molar refractivity (Wildman–Crippen MR) is 74.5 cm³/mol. The smallest absolute Gasteiger partial charge is 0.0930 e. The average molecular weight is 244 g/mol. The van der Waals surface area contributed by atoms with E-state index in [2.05, 4.69) is 32.0 Å². The molecule has 1 saturated carbocycles. The molecule has 18 heavy (non-hydrogen) atoms. The summed E-state index contributed by atoms with van der Waals surface area (Å²) in [6, 6.07) is 6.61. The van der Waals surface area contributed by atoms with E-state index in [-0.39, 0.29) is 0 Å². The third kappa shape index (κ3) is 1.89. The van der Waals surface area contributed by atoms with Gasteiger partial charge in [0, 0.05) is 0 Å². The van der Waals surface area contributed by atoms with Crippen LogP contribution in [0.1, 0.15) is 55.7 Å². The molecule has 2 aliphatic carbocycles. The van der Waals surface area contributed by atoms with Crippen LogP contribution in [0.25, 0.3) is 0 Å². The van der Waals surface area contributed by atoms with Crippen molar-refractivity contribution in [1.82, 2.24) is 0 Å². The highest BCUT2D eigenvalue weighted by atomic mass is 16.3. The zero-order chi connectivity index (χ0) is 12.8. The van der Waals surface area contributed by atoms with Crippen LogP contribution in [0.15, 0.2) is 18.2 Å². The summed E-state index contributed by atoms with van der Waals surface area (Å²) in [4.78, 5) is 0. The monoisotopic (exact) mass is 244 g/mol. The Balaban J connectivity index is 1.91. The highest BCUT2D eigenvalue weighted by Gasteiger charge is 2.44. The lowest BCUT2D eigenvalue weighted by molar-refractivity contribution is -0.0414. The van der Waals surface area contributed by atoms with Crippen molar-refractivity contribution in [3.8, 4) is 0 Å². The molecule has 1 N–H and O–H groups in total. The molecular formula is C17H24O.